The van der Waals surface area contributed by atoms with Crippen molar-refractivity contribution in [2.24, 2.45) is 7.05 Å². The van der Waals surface area contributed by atoms with Crippen LogP contribution in [-0.4, -0.2) is 14.2 Å². The molecule has 0 aliphatic heterocycles. The van der Waals surface area contributed by atoms with Crippen molar-refractivity contribution < 1.29 is 5.11 Å². The molecule has 0 aliphatic rings. The third kappa shape index (κ3) is 1.56. The van der Waals surface area contributed by atoms with E-state index in [0.29, 0.717) is 16.8 Å². The molecule has 0 atom stereocenters. The van der Waals surface area contributed by atoms with Crippen molar-refractivity contribution in [1.82, 2.24) is 9.13 Å². The van der Waals surface area contributed by atoms with Crippen LogP contribution < -0.4 is 11.2 Å². The van der Waals surface area contributed by atoms with Crippen LogP contribution in [-0.2, 0) is 20.2 Å². The summed E-state index contributed by atoms with van der Waals surface area (Å²) in [7, 11) is 1.65. The first-order valence-electron chi connectivity index (χ1n) is 5.35. The van der Waals surface area contributed by atoms with Crippen LogP contribution in [0.4, 0.5) is 0 Å². The van der Waals surface area contributed by atoms with E-state index in [0.717, 1.165) is 10.4 Å². The lowest BCUT2D eigenvalue weighted by atomic mass is 10.2. The van der Waals surface area contributed by atoms with E-state index >= 15 is 0 Å². The molecule has 2 rings (SSSR count). The minimum atomic E-state index is -0.310. The van der Waals surface area contributed by atoms with E-state index in [1.54, 1.807) is 20.9 Å². The van der Waals surface area contributed by atoms with Gasteiger partial charge in [-0.1, -0.05) is 0 Å². The van der Waals surface area contributed by atoms with Gasteiger partial charge in [0.05, 0.1) is 12.0 Å². The molecule has 2 aromatic heterocycles. The Morgan fingerprint density at radius 2 is 2.00 bits per heavy atom. The highest BCUT2D eigenvalue weighted by Crippen LogP contribution is 2.27. The maximum Gasteiger partial charge on any atom is 0.331 e. The lowest BCUT2D eigenvalue weighted by molar-refractivity contribution is 0.285. The second kappa shape index (κ2) is 4.12. The Kier molecular flexibility index (Phi) is 2.92. The maximum atomic E-state index is 12.2. The molecule has 5 nitrogen and oxygen atoms in total. The summed E-state index contributed by atoms with van der Waals surface area (Å²) in [6.45, 7) is 3.82. The van der Waals surface area contributed by atoms with Crippen LogP contribution in [0.1, 0.15) is 17.4 Å². The molecule has 0 radical (unpaired) electrons. The minimum absolute atomic E-state index is 0.106. The summed E-state index contributed by atoms with van der Waals surface area (Å²) in [6.07, 6.45) is 0. The predicted molar refractivity (Wildman–Crippen MR) is 67.7 cm³/mol. The molecule has 0 spiro atoms. The predicted octanol–water partition coefficient (Wildman–Crippen LogP) is 0.582. The van der Waals surface area contributed by atoms with Gasteiger partial charge in [0.25, 0.3) is 5.56 Å². The van der Waals surface area contributed by atoms with Crippen LogP contribution in [0.3, 0.4) is 0 Å². The summed E-state index contributed by atoms with van der Waals surface area (Å²) >= 11 is 1.30. The lowest BCUT2D eigenvalue weighted by Crippen LogP contribution is -2.38. The summed E-state index contributed by atoms with van der Waals surface area (Å²) in [5.74, 6) is 0. The fourth-order valence-electron chi connectivity index (χ4n) is 1.95. The fourth-order valence-corrected chi connectivity index (χ4v) is 3.06. The Morgan fingerprint density at radius 1 is 1.35 bits per heavy atom. The third-order valence-electron chi connectivity index (χ3n) is 2.97. The van der Waals surface area contributed by atoms with E-state index in [1.165, 1.54) is 20.5 Å². The van der Waals surface area contributed by atoms with Gasteiger partial charge in [0.1, 0.15) is 4.83 Å². The molecule has 0 fully saturated rings. The number of aryl methyl sites for hydroxylation is 2. The maximum absolute atomic E-state index is 12.2. The highest BCUT2D eigenvalue weighted by atomic mass is 32.1. The monoisotopic (exact) mass is 254 g/mol. The molecule has 0 unspecified atom stereocenters. The zero-order valence-corrected chi connectivity index (χ0v) is 10.8. The number of aliphatic hydroxyl groups excluding tert-OH is 1. The molecule has 17 heavy (non-hydrogen) atoms. The van der Waals surface area contributed by atoms with Gasteiger partial charge in [0.2, 0.25) is 0 Å². The summed E-state index contributed by atoms with van der Waals surface area (Å²) in [6, 6.07) is 0. The quantitative estimate of drug-likeness (QED) is 0.852. The van der Waals surface area contributed by atoms with Crippen LogP contribution in [0.25, 0.3) is 10.2 Å². The molecule has 0 saturated heterocycles. The summed E-state index contributed by atoms with van der Waals surface area (Å²) in [5.41, 5.74) is 0.199. The van der Waals surface area contributed by atoms with Crippen molar-refractivity contribution >= 4 is 21.6 Å². The summed E-state index contributed by atoms with van der Waals surface area (Å²) in [4.78, 5) is 25.4. The first-order valence-corrected chi connectivity index (χ1v) is 6.17. The van der Waals surface area contributed by atoms with Gasteiger partial charge in [-0.15, -0.1) is 11.3 Å². The lowest BCUT2D eigenvalue weighted by Gasteiger charge is -2.05. The van der Waals surface area contributed by atoms with Crippen molar-refractivity contribution in [3.8, 4) is 0 Å². The number of hydrogen-bond donors (Lipinski definition) is 1. The van der Waals surface area contributed by atoms with Gasteiger partial charge in [-0.2, -0.15) is 0 Å². The summed E-state index contributed by atoms with van der Waals surface area (Å²) in [5, 5.41) is 9.76. The van der Waals surface area contributed by atoms with Crippen molar-refractivity contribution in [3.05, 3.63) is 31.3 Å². The smallest absolute Gasteiger partial charge is 0.331 e. The normalized spacial score (nSPS) is 11.3. The zero-order chi connectivity index (χ0) is 12.7. The van der Waals surface area contributed by atoms with Crippen molar-refractivity contribution in [2.75, 3.05) is 0 Å². The van der Waals surface area contributed by atoms with Gasteiger partial charge < -0.3 is 5.11 Å². The van der Waals surface area contributed by atoms with Gasteiger partial charge in [0, 0.05) is 18.5 Å². The third-order valence-corrected chi connectivity index (χ3v) is 4.32. The van der Waals surface area contributed by atoms with Crippen molar-refractivity contribution in [1.29, 1.82) is 0 Å². The van der Waals surface area contributed by atoms with Gasteiger partial charge >= 0.3 is 5.69 Å². The molecular formula is C11H14N2O3S. The number of hydrogen-bond acceptors (Lipinski definition) is 4. The highest BCUT2D eigenvalue weighted by molar-refractivity contribution is 7.18. The molecule has 0 aromatic carbocycles. The average molecular weight is 254 g/mol. The molecule has 6 heteroatoms. The standard InChI is InChI=1S/C11H14N2O3S/c1-4-13-9(15)8-6(2)7(5-14)17-10(8)12(3)11(13)16/h14H,4-5H2,1-3H3. The van der Waals surface area contributed by atoms with Crippen LogP contribution in [0, 0.1) is 6.92 Å². The second-order valence-corrected chi connectivity index (χ2v) is 4.96. The van der Waals surface area contributed by atoms with Gasteiger partial charge in [-0.25, -0.2) is 4.79 Å². The number of aliphatic hydroxyl groups is 1. The molecule has 0 aliphatic carbocycles. The molecule has 92 valence electrons. The topological polar surface area (TPSA) is 64.2 Å². The Morgan fingerprint density at radius 3 is 2.53 bits per heavy atom. The first-order chi connectivity index (χ1) is 8.02. The Balaban J connectivity index is 3.08. The van der Waals surface area contributed by atoms with Gasteiger partial charge in [-0.3, -0.25) is 13.9 Å². The van der Waals surface area contributed by atoms with E-state index < -0.39 is 0 Å². The van der Waals surface area contributed by atoms with Gasteiger partial charge in [-0.05, 0) is 19.4 Å². The second-order valence-electron chi connectivity index (χ2n) is 3.88. The number of thiophene rings is 1. The average Bonchev–Trinajstić information content (AvgIpc) is 2.64. The summed E-state index contributed by atoms with van der Waals surface area (Å²) < 4.78 is 2.68. The first kappa shape index (κ1) is 12.1. The van der Waals surface area contributed by atoms with Crippen molar-refractivity contribution in [2.45, 2.75) is 27.0 Å². The highest BCUT2D eigenvalue weighted by Gasteiger charge is 2.16. The number of rotatable bonds is 2. The number of fused-ring (bicyclic) bond motifs is 1. The Labute approximate surface area is 102 Å². The van der Waals surface area contributed by atoms with Gasteiger partial charge in [0.15, 0.2) is 0 Å². The Hall–Kier alpha value is -1.40. The van der Waals surface area contributed by atoms with Crippen LogP contribution in [0.2, 0.25) is 0 Å². The number of nitrogens with zero attached hydrogens (tertiary/aromatic N) is 2. The van der Waals surface area contributed by atoms with E-state index in [1.807, 2.05) is 0 Å². The van der Waals surface area contributed by atoms with Crippen LogP contribution in [0.5, 0.6) is 0 Å². The molecule has 0 amide bonds. The van der Waals surface area contributed by atoms with Crippen LogP contribution in [0.15, 0.2) is 9.59 Å². The van der Waals surface area contributed by atoms with E-state index in [4.69, 9.17) is 0 Å². The van der Waals surface area contributed by atoms with Crippen molar-refractivity contribution in [3.63, 3.8) is 0 Å². The van der Waals surface area contributed by atoms with E-state index in [-0.39, 0.29) is 17.9 Å². The SMILES string of the molecule is CCn1c(=O)c2c(C)c(CO)sc2n(C)c1=O. The molecule has 2 heterocycles. The molecule has 0 saturated carbocycles. The largest absolute Gasteiger partial charge is 0.391 e. The molecule has 1 N–H and O–H groups in total. The fraction of sp³-hybridized carbons (Fsp3) is 0.455. The van der Waals surface area contributed by atoms with Crippen LogP contribution >= 0.6 is 11.3 Å². The molecule has 0 bridgehead atoms. The minimum Gasteiger partial charge on any atom is -0.391 e. The van der Waals surface area contributed by atoms with E-state index in [2.05, 4.69) is 0 Å². The molecule has 2 aromatic rings. The number of aromatic nitrogens is 2. The molecular weight excluding hydrogens is 240 g/mol. The Bertz CT molecular complexity index is 693. The van der Waals surface area contributed by atoms with E-state index in [9.17, 15) is 14.7 Å². The zero-order valence-electron chi connectivity index (χ0n) is 9.98.